The van der Waals surface area contributed by atoms with Gasteiger partial charge in [-0.2, -0.15) is 0 Å². The maximum absolute atomic E-state index is 12.1. The summed E-state index contributed by atoms with van der Waals surface area (Å²) in [5, 5.41) is 2.69. The van der Waals surface area contributed by atoms with E-state index in [2.05, 4.69) is 36.1 Å². The molecule has 1 aromatic carbocycles. The number of hydrogen-bond acceptors (Lipinski definition) is 4. The maximum atomic E-state index is 12.1. The monoisotopic (exact) mass is 327 g/mol. The summed E-state index contributed by atoms with van der Waals surface area (Å²) in [7, 11) is 0. The van der Waals surface area contributed by atoms with Gasteiger partial charge in [-0.15, -0.1) is 0 Å². The summed E-state index contributed by atoms with van der Waals surface area (Å²) >= 11 is 0. The van der Waals surface area contributed by atoms with Crippen LogP contribution in [0.1, 0.15) is 48.2 Å². The number of aromatic nitrogens is 2. The number of benzene rings is 1. The van der Waals surface area contributed by atoms with Gasteiger partial charge < -0.3 is 15.0 Å². The standard InChI is InChI=1S/C18H21N3O3/c1-18(2,3)11-4-6-12(7-5-11)24-10-14-20-15-13(16(22)21-14)8-9-19-17(15)23/h4-7H,8-10H2,1-3H3,(H,19,23)(H,20,21,22). The minimum atomic E-state index is -0.307. The molecule has 2 aromatic rings. The Morgan fingerprint density at radius 2 is 1.88 bits per heavy atom. The van der Waals surface area contributed by atoms with E-state index in [-0.39, 0.29) is 29.2 Å². The lowest BCUT2D eigenvalue weighted by Crippen LogP contribution is -2.37. The zero-order valence-electron chi connectivity index (χ0n) is 14.1. The number of ether oxygens (including phenoxy) is 1. The van der Waals surface area contributed by atoms with Crippen LogP contribution in [0.3, 0.4) is 0 Å². The Morgan fingerprint density at radius 3 is 2.54 bits per heavy atom. The normalized spacial score (nSPS) is 14.0. The van der Waals surface area contributed by atoms with E-state index in [4.69, 9.17) is 4.74 Å². The van der Waals surface area contributed by atoms with Crippen LogP contribution >= 0.6 is 0 Å². The molecule has 0 saturated carbocycles. The van der Waals surface area contributed by atoms with Crippen molar-refractivity contribution in [3.8, 4) is 5.75 Å². The average Bonchev–Trinajstić information content (AvgIpc) is 2.53. The van der Waals surface area contributed by atoms with Crippen molar-refractivity contribution < 1.29 is 9.53 Å². The quantitative estimate of drug-likeness (QED) is 0.902. The number of H-pyrrole nitrogens is 1. The fraction of sp³-hybridized carbons (Fsp3) is 0.389. The molecule has 1 aromatic heterocycles. The van der Waals surface area contributed by atoms with Crippen LogP contribution in [0.4, 0.5) is 0 Å². The van der Waals surface area contributed by atoms with E-state index >= 15 is 0 Å². The number of rotatable bonds is 3. The molecule has 2 N–H and O–H groups in total. The van der Waals surface area contributed by atoms with Crippen LogP contribution in [0, 0.1) is 0 Å². The van der Waals surface area contributed by atoms with Gasteiger partial charge in [0.2, 0.25) is 0 Å². The highest BCUT2D eigenvalue weighted by atomic mass is 16.5. The fourth-order valence-electron chi connectivity index (χ4n) is 2.62. The average molecular weight is 327 g/mol. The number of aromatic amines is 1. The first kappa shape index (κ1) is 16.2. The lowest BCUT2D eigenvalue weighted by Gasteiger charge is -2.19. The molecule has 1 aliphatic heterocycles. The van der Waals surface area contributed by atoms with E-state index < -0.39 is 0 Å². The van der Waals surface area contributed by atoms with Crippen LogP contribution in [0.15, 0.2) is 29.1 Å². The molecule has 2 heterocycles. The maximum Gasteiger partial charge on any atom is 0.270 e. The Kier molecular flexibility index (Phi) is 4.13. The lowest BCUT2D eigenvalue weighted by molar-refractivity contribution is 0.0939. The minimum Gasteiger partial charge on any atom is -0.486 e. The first-order valence-electron chi connectivity index (χ1n) is 7.98. The van der Waals surface area contributed by atoms with E-state index in [1.54, 1.807) is 0 Å². The Labute approximate surface area is 140 Å². The van der Waals surface area contributed by atoms with Crippen molar-refractivity contribution in [1.82, 2.24) is 15.3 Å². The molecule has 1 aliphatic rings. The highest BCUT2D eigenvalue weighted by Crippen LogP contribution is 2.24. The molecule has 6 nitrogen and oxygen atoms in total. The van der Waals surface area contributed by atoms with E-state index in [0.29, 0.717) is 30.1 Å². The molecule has 0 bridgehead atoms. The second kappa shape index (κ2) is 6.11. The number of carbonyl (C=O) groups excluding carboxylic acids is 1. The number of amides is 1. The summed E-state index contributed by atoms with van der Waals surface area (Å²) in [6, 6.07) is 7.82. The van der Waals surface area contributed by atoms with Gasteiger partial charge >= 0.3 is 0 Å². The molecule has 0 atom stereocenters. The molecule has 0 saturated heterocycles. The van der Waals surface area contributed by atoms with Crippen LogP contribution in [-0.2, 0) is 18.4 Å². The van der Waals surface area contributed by atoms with Crippen molar-refractivity contribution in [2.75, 3.05) is 6.54 Å². The summed E-state index contributed by atoms with van der Waals surface area (Å²) in [5.41, 5.74) is 1.67. The zero-order chi connectivity index (χ0) is 17.3. The topological polar surface area (TPSA) is 84.1 Å². The summed E-state index contributed by atoms with van der Waals surface area (Å²) in [6.07, 6.45) is 0.499. The molecule has 0 unspecified atom stereocenters. The van der Waals surface area contributed by atoms with E-state index in [1.807, 2.05) is 24.3 Å². The Hall–Kier alpha value is -2.63. The molecule has 0 spiro atoms. The molecule has 0 fully saturated rings. The Bertz CT molecular complexity index is 817. The van der Waals surface area contributed by atoms with Crippen molar-refractivity contribution >= 4 is 5.91 Å². The van der Waals surface area contributed by atoms with Gasteiger partial charge in [0.1, 0.15) is 23.9 Å². The Morgan fingerprint density at radius 1 is 1.17 bits per heavy atom. The third kappa shape index (κ3) is 3.32. The first-order chi connectivity index (χ1) is 11.3. The molecule has 6 heteroatoms. The third-order valence-corrected chi connectivity index (χ3v) is 4.04. The number of fused-ring (bicyclic) bond motifs is 1. The fourth-order valence-corrected chi connectivity index (χ4v) is 2.62. The van der Waals surface area contributed by atoms with Gasteiger partial charge in [0.05, 0.1) is 5.56 Å². The van der Waals surface area contributed by atoms with Crippen LogP contribution in [-0.4, -0.2) is 22.4 Å². The second-order valence-electron chi connectivity index (χ2n) is 6.91. The lowest BCUT2D eigenvalue weighted by atomic mass is 9.87. The Balaban J connectivity index is 1.75. The number of nitrogens with zero attached hydrogens (tertiary/aromatic N) is 1. The molecular weight excluding hydrogens is 306 g/mol. The first-order valence-corrected chi connectivity index (χ1v) is 7.98. The molecule has 0 radical (unpaired) electrons. The molecular formula is C18H21N3O3. The molecule has 24 heavy (non-hydrogen) atoms. The summed E-state index contributed by atoms with van der Waals surface area (Å²) in [6.45, 7) is 7.01. The van der Waals surface area contributed by atoms with Gasteiger partial charge in [-0.3, -0.25) is 9.59 Å². The van der Waals surface area contributed by atoms with Crippen molar-refractivity contribution in [1.29, 1.82) is 0 Å². The van der Waals surface area contributed by atoms with Gasteiger partial charge in [0.25, 0.3) is 11.5 Å². The van der Waals surface area contributed by atoms with E-state index in [1.165, 1.54) is 5.56 Å². The predicted octanol–water partition coefficient (Wildman–Crippen LogP) is 1.93. The van der Waals surface area contributed by atoms with Crippen LogP contribution in [0.2, 0.25) is 0 Å². The summed E-state index contributed by atoms with van der Waals surface area (Å²) < 4.78 is 5.68. The van der Waals surface area contributed by atoms with Crippen molar-refractivity contribution in [2.24, 2.45) is 0 Å². The summed E-state index contributed by atoms with van der Waals surface area (Å²) in [5.74, 6) is 0.724. The van der Waals surface area contributed by atoms with Crippen LogP contribution < -0.4 is 15.6 Å². The van der Waals surface area contributed by atoms with Gasteiger partial charge in [-0.25, -0.2) is 4.98 Å². The van der Waals surface area contributed by atoms with Gasteiger partial charge in [-0.05, 0) is 29.5 Å². The highest BCUT2D eigenvalue weighted by molar-refractivity contribution is 5.94. The van der Waals surface area contributed by atoms with E-state index in [0.717, 1.165) is 0 Å². The van der Waals surface area contributed by atoms with Crippen LogP contribution in [0.5, 0.6) is 5.75 Å². The van der Waals surface area contributed by atoms with Crippen LogP contribution in [0.25, 0.3) is 0 Å². The molecule has 1 amide bonds. The van der Waals surface area contributed by atoms with Gasteiger partial charge in [-0.1, -0.05) is 32.9 Å². The van der Waals surface area contributed by atoms with E-state index in [9.17, 15) is 9.59 Å². The SMILES string of the molecule is CC(C)(C)c1ccc(OCc2nc3c(c(=O)[nH]2)CCNC3=O)cc1. The van der Waals surface area contributed by atoms with Crippen molar-refractivity contribution in [3.05, 3.63) is 57.3 Å². The highest BCUT2D eigenvalue weighted by Gasteiger charge is 2.22. The minimum absolute atomic E-state index is 0.0805. The number of carbonyl (C=O) groups is 1. The molecule has 126 valence electrons. The van der Waals surface area contributed by atoms with Crippen molar-refractivity contribution in [3.63, 3.8) is 0 Å². The largest absolute Gasteiger partial charge is 0.486 e. The second-order valence-corrected chi connectivity index (χ2v) is 6.91. The number of nitrogens with one attached hydrogen (secondary N) is 2. The molecule has 0 aliphatic carbocycles. The number of hydrogen-bond donors (Lipinski definition) is 2. The van der Waals surface area contributed by atoms with Gasteiger partial charge in [0, 0.05) is 6.54 Å². The molecule has 3 rings (SSSR count). The van der Waals surface area contributed by atoms with Crippen molar-refractivity contribution in [2.45, 2.75) is 39.2 Å². The summed E-state index contributed by atoms with van der Waals surface area (Å²) in [4.78, 5) is 30.8. The third-order valence-electron chi connectivity index (χ3n) is 4.04. The zero-order valence-corrected chi connectivity index (χ0v) is 14.1. The smallest absolute Gasteiger partial charge is 0.270 e. The predicted molar refractivity (Wildman–Crippen MR) is 90.4 cm³/mol. The van der Waals surface area contributed by atoms with Gasteiger partial charge in [0.15, 0.2) is 0 Å².